The monoisotopic (exact) mass is 435 g/mol. The minimum atomic E-state index is -0.536. The summed E-state index contributed by atoms with van der Waals surface area (Å²) in [5.74, 6) is -0.655. The van der Waals surface area contributed by atoms with Crippen LogP contribution in [0, 0.1) is 5.92 Å². The molecule has 8 nitrogen and oxygen atoms in total. The molecule has 0 saturated carbocycles. The van der Waals surface area contributed by atoms with Crippen LogP contribution in [-0.4, -0.2) is 67.7 Å². The molecule has 0 aromatic carbocycles. The maximum atomic E-state index is 12.9. The van der Waals surface area contributed by atoms with Gasteiger partial charge in [-0.3, -0.25) is 14.6 Å². The number of urea groups is 1. The van der Waals surface area contributed by atoms with Crippen LogP contribution < -0.4 is 5.32 Å². The van der Waals surface area contributed by atoms with E-state index >= 15 is 0 Å². The number of likely N-dealkylation sites (N-methyl/N-ethyl adjacent to an activating group) is 1. The van der Waals surface area contributed by atoms with E-state index in [2.05, 4.69) is 10.2 Å². The number of carbonyl (C=O) groups excluding carboxylic acids is 3. The minimum absolute atomic E-state index is 0.0920. The summed E-state index contributed by atoms with van der Waals surface area (Å²) in [6.45, 7) is 6.05. The molecule has 2 aliphatic rings. The van der Waals surface area contributed by atoms with Crippen molar-refractivity contribution in [3.63, 3.8) is 0 Å². The van der Waals surface area contributed by atoms with Crippen LogP contribution in [0.4, 0.5) is 4.79 Å². The van der Waals surface area contributed by atoms with Gasteiger partial charge in [-0.05, 0) is 62.2 Å². The number of thiophene rings is 1. The van der Waals surface area contributed by atoms with Crippen molar-refractivity contribution in [2.45, 2.75) is 32.7 Å². The fourth-order valence-corrected chi connectivity index (χ4v) is 4.57. The molecule has 0 spiro atoms. The van der Waals surface area contributed by atoms with Gasteiger partial charge in [-0.2, -0.15) is 11.3 Å². The van der Waals surface area contributed by atoms with E-state index in [9.17, 15) is 14.4 Å². The number of amides is 2. The lowest BCUT2D eigenvalue weighted by atomic mass is 9.94. The molecule has 1 saturated heterocycles. The Kier molecular flexibility index (Phi) is 7.49. The topological polar surface area (TPSA) is 88.2 Å². The van der Waals surface area contributed by atoms with Crippen molar-refractivity contribution in [2.24, 2.45) is 5.92 Å². The van der Waals surface area contributed by atoms with Crippen molar-refractivity contribution in [2.75, 3.05) is 39.9 Å². The van der Waals surface area contributed by atoms with Crippen molar-refractivity contribution in [3.05, 3.63) is 33.7 Å². The van der Waals surface area contributed by atoms with Crippen LogP contribution in [0.3, 0.4) is 0 Å². The third-order valence-electron chi connectivity index (χ3n) is 5.53. The van der Waals surface area contributed by atoms with Crippen molar-refractivity contribution in [1.82, 2.24) is 15.1 Å². The van der Waals surface area contributed by atoms with Crippen LogP contribution in [0.1, 0.15) is 38.3 Å². The average Bonchev–Trinajstić information content (AvgIpc) is 3.27. The zero-order valence-corrected chi connectivity index (χ0v) is 18.5. The van der Waals surface area contributed by atoms with Gasteiger partial charge in [0.05, 0.1) is 30.7 Å². The summed E-state index contributed by atoms with van der Waals surface area (Å²) < 4.78 is 10.5. The Morgan fingerprint density at radius 3 is 2.50 bits per heavy atom. The van der Waals surface area contributed by atoms with Crippen molar-refractivity contribution >= 4 is 29.3 Å². The molecule has 0 radical (unpaired) electrons. The number of rotatable bonds is 7. The lowest BCUT2D eigenvalue weighted by molar-refractivity contribution is -0.149. The van der Waals surface area contributed by atoms with E-state index in [4.69, 9.17) is 9.47 Å². The van der Waals surface area contributed by atoms with E-state index in [-0.39, 0.29) is 24.5 Å². The summed E-state index contributed by atoms with van der Waals surface area (Å²) in [4.78, 5) is 41.2. The van der Waals surface area contributed by atoms with Gasteiger partial charge in [-0.1, -0.05) is 0 Å². The fourth-order valence-electron chi connectivity index (χ4n) is 3.89. The van der Waals surface area contributed by atoms with Crippen LogP contribution in [0.2, 0.25) is 0 Å². The zero-order chi connectivity index (χ0) is 21.7. The van der Waals surface area contributed by atoms with E-state index in [1.165, 1.54) is 16.2 Å². The van der Waals surface area contributed by atoms with Gasteiger partial charge in [0.1, 0.15) is 0 Å². The van der Waals surface area contributed by atoms with Gasteiger partial charge in [0.25, 0.3) is 0 Å². The molecule has 1 fully saturated rings. The number of esters is 2. The summed E-state index contributed by atoms with van der Waals surface area (Å²) in [6.07, 6.45) is 1.40. The van der Waals surface area contributed by atoms with Crippen LogP contribution in [0.5, 0.6) is 0 Å². The molecule has 3 heterocycles. The van der Waals surface area contributed by atoms with E-state index < -0.39 is 12.0 Å². The Labute approximate surface area is 180 Å². The third-order valence-corrected chi connectivity index (χ3v) is 6.23. The highest BCUT2D eigenvalue weighted by Crippen LogP contribution is 2.33. The quantitative estimate of drug-likeness (QED) is 0.662. The molecule has 9 heteroatoms. The lowest BCUT2D eigenvalue weighted by Gasteiger charge is -2.38. The Morgan fingerprint density at radius 2 is 1.90 bits per heavy atom. The number of nitrogens with one attached hydrogen (secondary N) is 1. The van der Waals surface area contributed by atoms with Gasteiger partial charge in [0.2, 0.25) is 0 Å². The van der Waals surface area contributed by atoms with Gasteiger partial charge in [0, 0.05) is 19.3 Å². The van der Waals surface area contributed by atoms with E-state index in [1.807, 2.05) is 23.8 Å². The number of likely N-dealkylation sites (tertiary alicyclic amines) is 1. The highest BCUT2D eigenvalue weighted by Gasteiger charge is 2.38. The molecule has 0 bridgehead atoms. The van der Waals surface area contributed by atoms with Crippen LogP contribution in [0.15, 0.2) is 28.1 Å². The molecule has 2 aliphatic heterocycles. The summed E-state index contributed by atoms with van der Waals surface area (Å²) >= 11 is 1.51. The molecule has 1 aromatic rings. The van der Waals surface area contributed by atoms with E-state index in [1.54, 1.807) is 14.0 Å². The Bertz CT molecular complexity index is 800. The van der Waals surface area contributed by atoms with Crippen LogP contribution >= 0.6 is 11.3 Å². The maximum Gasteiger partial charge on any atom is 0.338 e. The predicted molar refractivity (Wildman–Crippen MR) is 113 cm³/mol. The van der Waals surface area contributed by atoms with Gasteiger partial charge in [0.15, 0.2) is 0 Å². The second-order valence-electron chi connectivity index (χ2n) is 7.38. The Balaban J connectivity index is 1.84. The first-order chi connectivity index (χ1) is 14.5. The van der Waals surface area contributed by atoms with Gasteiger partial charge < -0.3 is 14.8 Å². The summed E-state index contributed by atoms with van der Waals surface area (Å²) in [5, 5.41) is 6.76. The van der Waals surface area contributed by atoms with E-state index in [0.717, 1.165) is 5.56 Å². The molecule has 0 aliphatic carbocycles. The van der Waals surface area contributed by atoms with Gasteiger partial charge in [-0.15, -0.1) is 0 Å². The molecule has 2 amide bonds. The molecule has 3 rings (SSSR count). The second-order valence-corrected chi connectivity index (χ2v) is 8.16. The molecule has 30 heavy (non-hydrogen) atoms. The first-order valence-corrected chi connectivity index (χ1v) is 11.3. The standard InChI is InChI=1S/C21H29N3O5S/c1-4-28-19(25)14-6-9-24(10-7-14)12-16-17(20(26)29-5-2)18(15-8-11-30-13-15)22-21(27)23(16)3/h8,11,13-14,18H,4-7,9-10,12H2,1-3H3,(H,22,27)/t18-/m1/s1. The number of nitrogens with zero attached hydrogens (tertiary/aromatic N) is 2. The van der Waals surface area contributed by atoms with Gasteiger partial charge in [-0.25, -0.2) is 9.59 Å². The molecule has 1 aromatic heterocycles. The highest BCUT2D eigenvalue weighted by atomic mass is 32.1. The SMILES string of the molecule is CCOC(=O)C1=C(CN2CCC(C(=O)OCC)CC2)N(C)C(=O)N[C@@H]1c1ccsc1. The van der Waals surface area contributed by atoms with Crippen molar-refractivity contribution < 1.29 is 23.9 Å². The lowest BCUT2D eigenvalue weighted by Crippen LogP contribution is -2.50. The van der Waals surface area contributed by atoms with Crippen molar-refractivity contribution in [3.8, 4) is 0 Å². The maximum absolute atomic E-state index is 12.9. The minimum Gasteiger partial charge on any atom is -0.466 e. The molecule has 164 valence electrons. The van der Waals surface area contributed by atoms with Crippen LogP contribution in [-0.2, 0) is 19.1 Å². The Hall–Kier alpha value is -2.39. The molecular formula is C21H29N3O5S. The Morgan fingerprint density at radius 1 is 1.20 bits per heavy atom. The first kappa shape index (κ1) is 22.3. The van der Waals surface area contributed by atoms with Crippen molar-refractivity contribution in [1.29, 1.82) is 0 Å². The molecular weight excluding hydrogens is 406 g/mol. The first-order valence-electron chi connectivity index (χ1n) is 10.3. The summed E-state index contributed by atoms with van der Waals surface area (Å²) in [5.41, 5.74) is 1.97. The second kappa shape index (κ2) is 10.1. The number of hydrogen-bond donors (Lipinski definition) is 1. The number of ether oxygens (including phenoxy) is 2. The van der Waals surface area contributed by atoms with Gasteiger partial charge >= 0.3 is 18.0 Å². The fraction of sp³-hybridized carbons (Fsp3) is 0.571. The predicted octanol–water partition coefficient (Wildman–Crippen LogP) is 2.54. The molecule has 0 unspecified atom stereocenters. The number of hydrogen-bond acceptors (Lipinski definition) is 7. The normalized spacial score (nSPS) is 20.8. The summed E-state index contributed by atoms with van der Waals surface area (Å²) in [6, 6.07) is 1.12. The molecule has 1 N–H and O–H groups in total. The molecule has 1 atom stereocenters. The summed E-state index contributed by atoms with van der Waals surface area (Å²) in [7, 11) is 1.67. The third kappa shape index (κ3) is 4.84. The number of piperidine rings is 1. The zero-order valence-electron chi connectivity index (χ0n) is 17.7. The van der Waals surface area contributed by atoms with E-state index in [0.29, 0.717) is 50.4 Å². The number of carbonyl (C=O) groups is 3. The smallest absolute Gasteiger partial charge is 0.338 e. The largest absolute Gasteiger partial charge is 0.466 e. The average molecular weight is 436 g/mol. The highest BCUT2D eigenvalue weighted by molar-refractivity contribution is 7.08. The van der Waals surface area contributed by atoms with Crippen LogP contribution in [0.25, 0.3) is 0 Å².